The second-order valence-corrected chi connectivity index (χ2v) is 6.70. The highest BCUT2D eigenvalue weighted by molar-refractivity contribution is 5.25. The predicted molar refractivity (Wildman–Crippen MR) is 88.5 cm³/mol. The molecule has 2 aliphatic heterocycles. The Morgan fingerprint density at radius 1 is 1.00 bits per heavy atom. The minimum Gasteiger partial charge on any atom is -0.317 e. The minimum absolute atomic E-state index is 0.925. The molecule has 0 radical (unpaired) electrons. The Morgan fingerprint density at radius 2 is 1.67 bits per heavy atom. The Kier molecular flexibility index (Phi) is 5.28. The first-order valence-electron chi connectivity index (χ1n) is 8.51. The monoisotopic (exact) mass is 287 g/mol. The van der Waals surface area contributed by atoms with Gasteiger partial charge in [-0.2, -0.15) is 0 Å². The largest absolute Gasteiger partial charge is 0.317 e. The van der Waals surface area contributed by atoms with Crippen LogP contribution in [0.1, 0.15) is 24.0 Å². The van der Waals surface area contributed by atoms with Crippen LogP contribution < -0.4 is 5.32 Å². The number of piperidine rings is 1. The second-order valence-electron chi connectivity index (χ2n) is 6.70. The standard InChI is InChI=1S/C18H29N3/c1-16-4-2-3-5-18(16)15-21-12-10-20(11-13-21)14-17-6-8-19-9-7-17/h2-5,17,19H,6-15H2,1H3. The van der Waals surface area contributed by atoms with E-state index in [1.165, 1.54) is 69.8 Å². The van der Waals surface area contributed by atoms with Crippen LogP contribution in [0.2, 0.25) is 0 Å². The van der Waals surface area contributed by atoms with Crippen molar-refractivity contribution in [1.29, 1.82) is 0 Å². The lowest BCUT2D eigenvalue weighted by atomic mass is 9.97. The number of aryl methyl sites for hydroxylation is 1. The van der Waals surface area contributed by atoms with Gasteiger partial charge in [0.1, 0.15) is 0 Å². The van der Waals surface area contributed by atoms with Gasteiger partial charge in [-0.1, -0.05) is 24.3 Å². The Labute approximate surface area is 129 Å². The van der Waals surface area contributed by atoms with Gasteiger partial charge in [0.25, 0.3) is 0 Å². The molecule has 0 atom stereocenters. The first-order chi connectivity index (χ1) is 10.3. The zero-order chi connectivity index (χ0) is 14.5. The third kappa shape index (κ3) is 4.29. The van der Waals surface area contributed by atoms with E-state index in [2.05, 4.69) is 46.3 Å². The summed E-state index contributed by atoms with van der Waals surface area (Å²) in [5, 5.41) is 3.46. The maximum absolute atomic E-state index is 3.46. The molecule has 2 saturated heterocycles. The molecular formula is C18H29N3. The van der Waals surface area contributed by atoms with Gasteiger partial charge in [0.2, 0.25) is 0 Å². The van der Waals surface area contributed by atoms with Crippen LogP contribution in [0.15, 0.2) is 24.3 Å². The first kappa shape index (κ1) is 15.0. The third-order valence-electron chi connectivity index (χ3n) is 5.10. The van der Waals surface area contributed by atoms with Crippen molar-refractivity contribution in [2.75, 3.05) is 45.8 Å². The van der Waals surface area contributed by atoms with Crippen molar-refractivity contribution in [3.05, 3.63) is 35.4 Å². The van der Waals surface area contributed by atoms with Crippen LogP contribution in [0.4, 0.5) is 0 Å². The number of hydrogen-bond donors (Lipinski definition) is 1. The zero-order valence-electron chi connectivity index (χ0n) is 13.4. The van der Waals surface area contributed by atoms with E-state index in [1.807, 2.05) is 0 Å². The smallest absolute Gasteiger partial charge is 0.0237 e. The third-order valence-corrected chi connectivity index (χ3v) is 5.10. The van der Waals surface area contributed by atoms with E-state index in [0.717, 1.165) is 12.5 Å². The number of nitrogens with one attached hydrogen (secondary N) is 1. The number of hydrogen-bond acceptors (Lipinski definition) is 3. The molecule has 0 spiro atoms. The normalized spacial score (nSPS) is 22.5. The van der Waals surface area contributed by atoms with E-state index in [4.69, 9.17) is 0 Å². The van der Waals surface area contributed by atoms with E-state index in [0.29, 0.717) is 0 Å². The summed E-state index contributed by atoms with van der Waals surface area (Å²) in [6.45, 7) is 12.0. The van der Waals surface area contributed by atoms with E-state index in [9.17, 15) is 0 Å². The molecule has 2 fully saturated rings. The van der Waals surface area contributed by atoms with E-state index in [-0.39, 0.29) is 0 Å². The van der Waals surface area contributed by atoms with Crippen LogP contribution in [0.3, 0.4) is 0 Å². The topological polar surface area (TPSA) is 18.5 Å². The van der Waals surface area contributed by atoms with Crippen molar-refractivity contribution in [2.24, 2.45) is 5.92 Å². The minimum atomic E-state index is 0.925. The number of rotatable bonds is 4. The van der Waals surface area contributed by atoms with Crippen LogP contribution >= 0.6 is 0 Å². The molecule has 1 aromatic carbocycles. The van der Waals surface area contributed by atoms with Gasteiger partial charge in [-0.15, -0.1) is 0 Å². The van der Waals surface area contributed by atoms with Gasteiger partial charge in [0.05, 0.1) is 0 Å². The molecule has 3 heteroatoms. The fourth-order valence-corrected chi connectivity index (χ4v) is 3.59. The van der Waals surface area contributed by atoms with Gasteiger partial charge in [0.15, 0.2) is 0 Å². The Bertz CT molecular complexity index is 432. The summed E-state index contributed by atoms with van der Waals surface area (Å²) < 4.78 is 0. The molecule has 3 nitrogen and oxygen atoms in total. The van der Waals surface area contributed by atoms with Crippen LogP contribution in [-0.4, -0.2) is 55.6 Å². The molecule has 0 aromatic heterocycles. The summed E-state index contributed by atoms with van der Waals surface area (Å²) in [6.07, 6.45) is 2.73. The summed E-state index contributed by atoms with van der Waals surface area (Å²) in [5.74, 6) is 0.925. The van der Waals surface area contributed by atoms with Gasteiger partial charge >= 0.3 is 0 Å². The van der Waals surface area contributed by atoms with Crippen molar-refractivity contribution < 1.29 is 0 Å². The summed E-state index contributed by atoms with van der Waals surface area (Å²) in [5.41, 5.74) is 2.92. The molecule has 0 aliphatic carbocycles. The molecular weight excluding hydrogens is 258 g/mol. The summed E-state index contributed by atoms with van der Waals surface area (Å²) in [4.78, 5) is 5.30. The first-order valence-corrected chi connectivity index (χ1v) is 8.51. The van der Waals surface area contributed by atoms with E-state index in [1.54, 1.807) is 0 Å². The van der Waals surface area contributed by atoms with Crippen LogP contribution in [0.25, 0.3) is 0 Å². The highest BCUT2D eigenvalue weighted by Crippen LogP contribution is 2.16. The molecule has 0 saturated carbocycles. The fourth-order valence-electron chi connectivity index (χ4n) is 3.59. The molecule has 0 unspecified atom stereocenters. The van der Waals surface area contributed by atoms with Crippen LogP contribution in [0, 0.1) is 12.8 Å². The quantitative estimate of drug-likeness (QED) is 0.915. The zero-order valence-corrected chi connectivity index (χ0v) is 13.4. The number of benzene rings is 1. The van der Waals surface area contributed by atoms with Crippen molar-refractivity contribution in [2.45, 2.75) is 26.3 Å². The highest BCUT2D eigenvalue weighted by atomic mass is 15.3. The van der Waals surface area contributed by atoms with Crippen molar-refractivity contribution >= 4 is 0 Å². The lowest BCUT2D eigenvalue weighted by Crippen LogP contribution is -2.48. The number of piperazine rings is 1. The molecule has 0 bridgehead atoms. The molecule has 116 valence electrons. The van der Waals surface area contributed by atoms with Crippen molar-refractivity contribution in [1.82, 2.24) is 15.1 Å². The molecule has 21 heavy (non-hydrogen) atoms. The van der Waals surface area contributed by atoms with Crippen molar-refractivity contribution in [3.63, 3.8) is 0 Å². The number of nitrogens with zero attached hydrogens (tertiary/aromatic N) is 2. The highest BCUT2D eigenvalue weighted by Gasteiger charge is 2.21. The molecule has 2 heterocycles. The average Bonchev–Trinajstić information content (AvgIpc) is 2.52. The Balaban J connectivity index is 1.43. The summed E-state index contributed by atoms with van der Waals surface area (Å²) >= 11 is 0. The lowest BCUT2D eigenvalue weighted by molar-refractivity contribution is 0.107. The maximum Gasteiger partial charge on any atom is 0.0237 e. The predicted octanol–water partition coefficient (Wildman–Crippen LogP) is 2.11. The average molecular weight is 287 g/mol. The van der Waals surface area contributed by atoms with Gasteiger partial charge in [-0.3, -0.25) is 4.90 Å². The van der Waals surface area contributed by atoms with Gasteiger partial charge in [-0.05, 0) is 49.9 Å². The SMILES string of the molecule is Cc1ccccc1CN1CCN(CC2CCNCC2)CC1. The lowest BCUT2D eigenvalue weighted by Gasteiger charge is -2.37. The molecule has 1 N–H and O–H groups in total. The molecule has 3 rings (SSSR count). The van der Waals surface area contributed by atoms with Gasteiger partial charge in [0, 0.05) is 39.3 Å². The van der Waals surface area contributed by atoms with Crippen LogP contribution in [-0.2, 0) is 6.54 Å². The van der Waals surface area contributed by atoms with E-state index >= 15 is 0 Å². The maximum atomic E-state index is 3.46. The van der Waals surface area contributed by atoms with E-state index < -0.39 is 0 Å². The molecule has 0 amide bonds. The Morgan fingerprint density at radius 3 is 2.38 bits per heavy atom. The molecule has 2 aliphatic rings. The molecule has 1 aromatic rings. The van der Waals surface area contributed by atoms with Crippen molar-refractivity contribution in [3.8, 4) is 0 Å². The Hall–Kier alpha value is -0.900. The summed E-state index contributed by atoms with van der Waals surface area (Å²) in [7, 11) is 0. The van der Waals surface area contributed by atoms with Gasteiger partial charge < -0.3 is 10.2 Å². The fraction of sp³-hybridized carbons (Fsp3) is 0.667. The van der Waals surface area contributed by atoms with Gasteiger partial charge in [-0.25, -0.2) is 0 Å². The summed E-state index contributed by atoms with van der Waals surface area (Å²) in [6, 6.07) is 8.80. The van der Waals surface area contributed by atoms with Crippen LogP contribution in [0.5, 0.6) is 0 Å². The second kappa shape index (κ2) is 7.39.